The van der Waals surface area contributed by atoms with Gasteiger partial charge in [0.25, 0.3) is 0 Å². The Kier molecular flexibility index (Phi) is 6.31. The van der Waals surface area contributed by atoms with Gasteiger partial charge >= 0.3 is 12.1 Å². The average molecular weight is 555 g/mol. The van der Waals surface area contributed by atoms with Crippen LogP contribution in [0.25, 0.3) is 11.1 Å². The molecule has 3 aliphatic rings. The summed E-state index contributed by atoms with van der Waals surface area (Å²) in [6.45, 7) is 4.48. The highest BCUT2D eigenvalue weighted by Gasteiger charge is 2.69. The van der Waals surface area contributed by atoms with Crippen molar-refractivity contribution in [2.75, 3.05) is 18.0 Å². The lowest BCUT2D eigenvalue weighted by Crippen LogP contribution is -2.39. The van der Waals surface area contributed by atoms with Gasteiger partial charge in [-0.3, -0.25) is 4.79 Å². The third kappa shape index (κ3) is 4.59. The van der Waals surface area contributed by atoms with Crippen LogP contribution in [0.15, 0.2) is 48.5 Å². The Morgan fingerprint density at radius 2 is 1.88 bits per heavy atom. The number of aryl methyl sites for hydroxylation is 1. The Bertz CT molecular complexity index is 1480. The zero-order valence-corrected chi connectivity index (χ0v) is 22.3. The summed E-state index contributed by atoms with van der Waals surface area (Å²) >= 11 is 0. The maximum Gasteiger partial charge on any atom is 0.391 e. The second kappa shape index (κ2) is 9.49. The predicted molar refractivity (Wildman–Crippen MR) is 142 cm³/mol. The first-order valence-electron chi connectivity index (χ1n) is 13.5. The van der Waals surface area contributed by atoms with Crippen LogP contribution in [0.2, 0.25) is 0 Å². The SMILES string of the molecule is Cc1nc(N2CCC(C(F)(F)F)CC2)ccc1-c1ccc(F)c(COc2ccc3c(c2)CC2(C)C(C(=O)O)C32)c1. The fourth-order valence-electron chi connectivity index (χ4n) is 6.76. The summed E-state index contributed by atoms with van der Waals surface area (Å²) in [6, 6.07) is 14.2. The van der Waals surface area contributed by atoms with Crippen molar-refractivity contribution in [1.29, 1.82) is 0 Å². The van der Waals surface area contributed by atoms with E-state index in [0.717, 1.165) is 22.3 Å². The number of aliphatic carboxylic acids is 1. The molecule has 3 atom stereocenters. The molecular formula is C31H30F4N2O3. The Morgan fingerprint density at radius 3 is 2.55 bits per heavy atom. The number of alkyl halides is 3. The number of carboxylic acid groups (broad SMARTS) is 1. The molecule has 0 bridgehead atoms. The topological polar surface area (TPSA) is 62.7 Å². The number of halogens is 4. The van der Waals surface area contributed by atoms with E-state index in [1.807, 2.05) is 43.0 Å². The Morgan fingerprint density at radius 1 is 1.12 bits per heavy atom. The minimum atomic E-state index is -4.16. The van der Waals surface area contributed by atoms with E-state index < -0.39 is 23.9 Å². The van der Waals surface area contributed by atoms with Gasteiger partial charge in [0.05, 0.1) is 11.8 Å². The van der Waals surface area contributed by atoms with Gasteiger partial charge in [-0.1, -0.05) is 19.1 Å². The van der Waals surface area contributed by atoms with Crippen molar-refractivity contribution in [3.8, 4) is 16.9 Å². The fourth-order valence-corrected chi connectivity index (χ4v) is 6.76. The lowest BCUT2D eigenvalue weighted by atomic mass is 9.96. The van der Waals surface area contributed by atoms with Crippen LogP contribution in [-0.4, -0.2) is 35.3 Å². The summed E-state index contributed by atoms with van der Waals surface area (Å²) < 4.78 is 59.7. The van der Waals surface area contributed by atoms with Gasteiger partial charge in [-0.05, 0) is 84.7 Å². The summed E-state index contributed by atoms with van der Waals surface area (Å²) in [7, 11) is 0. The molecule has 40 heavy (non-hydrogen) atoms. The lowest BCUT2D eigenvalue weighted by Gasteiger charge is -2.33. The van der Waals surface area contributed by atoms with Crippen molar-refractivity contribution < 1.29 is 32.2 Å². The van der Waals surface area contributed by atoms with E-state index in [1.54, 1.807) is 18.2 Å². The van der Waals surface area contributed by atoms with Crippen LogP contribution < -0.4 is 9.64 Å². The van der Waals surface area contributed by atoms with Gasteiger partial charge in [0, 0.05) is 35.8 Å². The maximum atomic E-state index is 14.7. The van der Waals surface area contributed by atoms with Gasteiger partial charge in [-0.2, -0.15) is 13.2 Å². The van der Waals surface area contributed by atoms with Crippen LogP contribution >= 0.6 is 0 Å². The van der Waals surface area contributed by atoms with Crippen molar-refractivity contribution in [1.82, 2.24) is 4.98 Å². The number of pyridine rings is 1. The van der Waals surface area contributed by atoms with Crippen molar-refractivity contribution in [3.63, 3.8) is 0 Å². The van der Waals surface area contributed by atoms with Gasteiger partial charge in [0.15, 0.2) is 0 Å². The molecule has 2 aliphatic carbocycles. The number of anilines is 1. The number of fused-ring (bicyclic) bond motifs is 3. The molecule has 210 valence electrons. The normalized spacial score (nSPS) is 24.0. The molecule has 1 saturated carbocycles. The van der Waals surface area contributed by atoms with E-state index in [9.17, 15) is 27.5 Å². The van der Waals surface area contributed by atoms with Crippen LogP contribution in [0.4, 0.5) is 23.4 Å². The first kappa shape index (κ1) is 26.6. The van der Waals surface area contributed by atoms with Crippen LogP contribution in [0.3, 0.4) is 0 Å². The van der Waals surface area contributed by atoms with E-state index >= 15 is 0 Å². The molecule has 0 amide bonds. The molecule has 0 spiro atoms. The highest BCUT2D eigenvalue weighted by molar-refractivity contribution is 5.79. The number of hydrogen-bond acceptors (Lipinski definition) is 4. The molecule has 5 nitrogen and oxygen atoms in total. The standard InChI is InChI=1S/C31H30F4N2O3/c1-17-23(6-8-26(36-17)37-11-9-21(10-12-37)31(33,34)35)18-3-7-25(32)20(13-18)16-40-22-4-5-24-19(14-22)15-30(2)27(24)28(30)29(38)39/h3-8,13-14,21,27-28H,9-12,15-16H2,1-2H3,(H,38,39). The first-order valence-corrected chi connectivity index (χ1v) is 13.5. The molecule has 9 heteroatoms. The Labute approximate surface area is 229 Å². The minimum Gasteiger partial charge on any atom is -0.489 e. The number of rotatable bonds is 6. The quantitative estimate of drug-likeness (QED) is 0.336. The molecule has 2 heterocycles. The van der Waals surface area contributed by atoms with Crippen molar-refractivity contribution >= 4 is 11.8 Å². The molecule has 2 aromatic carbocycles. The van der Waals surface area contributed by atoms with Gasteiger partial charge in [0.2, 0.25) is 0 Å². The van der Waals surface area contributed by atoms with E-state index in [-0.39, 0.29) is 36.7 Å². The zero-order valence-electron chi connectivity index (χ0n) is 22.3. The van der Waals surface area contributed by atoms with Crippen LogP contribution in [0.5, 0.6) is 5.75 Å². The van der Waals surface area contributed by atoms with Gasteiger partial charge in [-0.25, -0.2) is 9.37 Å². The number of benzene rings is 2. The number of hydrogen-bond donors (Lipinski definition) is 1. The Hall–Kier alpha value is -3.62. The summed E-state index contributed by atoms with van der Waals surface area (Å²) in [5.74, 6) is -1.45. The zero-order chi connectivity index (χ0) is 28.4. The van der Waals surface area contributed by atoms with Crippen molar-refractivity contribution in [2.24, 2.45) is 17.3 Å². The van der Waals surface area contributed by atoms with Crippen molar-refractivity contribution in [2.45, 2.75) is 51.8 Å². The summed E-state index contributed by atoms with van der Waals surface area (Å²) in [6.07, 6.45) is -3.36. The first-order chi connectivity index (χ1) is 19.0. The number of ether oxygens (including phenoxy) is 1. The maximum absolute atomic E-state index is 14.7. The molecule has 3 unspecified atom stereocenters. The third-order valence-corrected chi connectivity index (χ3v) is 9.04. The number of carbonyl (C=O) groups is 1. The predicted octanol–water partition coefficient (Wildman–Crippen LogP) is 6.91. The molecule has 6 rings (SSSR count). The highest BCUT2D eigenvalue weighted by atomic mass is 19.4. The van der Waals surface area contributed by atoms with E-state index in [4.69, 9.17) is 4.74 Å². The van der Waals surface area contributed by atoms with Crippen LogP contribution in [0, 0.1) is 30.0 Å². The van der Waals surface area contributed by atoms with Crippen molar-refractivity contribution in [3.05, 3.63) is 76.7 Å². The largest absolute Gasteiger partial charge is 0.489 e. The number of nitrogens with zero attached hydrogens (tertiary/aromatic N) is 2. The monoisotopic (exact) mass is 554 g/mol. The lowest BCUT2D eigenvalue weighted by molar-refractivity contribution is -0.179. The average Bonchev–Trinajstić information content (AvgIpc) is 3.41. The number of carboxylic acids is 1. The molecule has 1 aliphatic heterocycles. The number of aromatic nitrogens is 1. The molecule has 1 aromatic heterocycles. The summed E-state index contributed by atoms with van der Waals surface area (Å²) in [5.41, 5.74) is 4.58. The third-order valence-electron chi connectivity index (χ3n) is 9.04. The molecule has 0 radical (unpaired) electrons. The van der Waals surface area contributed by atoms with E-state index in [2.05, 4.69) is 4.98 Å². The van der Waals surface area contributed by atoms with E-state index in [1.165, 1.54) is 6.07 Å². The molecule has 1 N–H and O–H groups in total. The van der Waals surface area contributed by atoms with Crippen LogP contribution in [0.1, 0.15) is 48.1 Å². The smallest absolute Gasteiger partial charge is 0.391 e. The molecule has 2 fully saturated rings. The highest BCUT2D eigenvalue weighted by Crippen LogP contribution is 2.71. The Balaban J connectivity index is 1.14. The van der Waals surface area contributed by atoms with Crippen LogP contribution in [-0.2, 0) is 17.8 Å². The summed E-state index contributed by atoms with van der Waals surface area (Å²) in [4.78, 5) is 18.1. The summed E-state index contributed by atoms with van der Waals surface area (Å²) in [5, 5.41) is 9.47. The number of piperidine rings is 1. The van der Waals surface area contributed by atoms with Gasteiger partial charge in [-0.15, -0.1) is 0 Å². The van der Waals surface area contributed by atoms with Gasteiger partial charge < -0.3 is 14.7 Å². The molecule has 3 aromatic rings. The molecule has 1 saturated heterocycles. The molecular weight excluding hydrogens is 524 g/mol. The second-order valence-corrected chi connectivity index (χ2v) is 11.5. The van der Waals surface area contributed by atoms with Gasteiger partial charge in [0.1, 0.15) is 24.0 Å². The second-order valence-electron chi connectivity index (χ2n) is 11.5. The fraction of sp³-hybridized carbons (Fsp3) is 0.419. The minimum absolute atomic E-state index is 0.0234. The van der Waals surface area contributed by atoms with E-state index in [0.29, 0.717) is 42.3 Å².